The highest BCUT2D eigenvalue weighted by molar-refractivity contribution is 7.99. The molecule has 0 fully saturated rings. The van der Waals surface area contributed by atoms with Gasteiger partial charge in [-0.25, -0.2) is 4.79 Å². The highest BCUT2D eigenvalue weighted by atomic mass is 32.2. The van der Waals surface area contributed by atoms with Crippen LogP contribution in [0.25, 0.3) is 11.6 Å². The molecule has 0 atom stereocenters. The van der Waals surface area contributed by atoms with Crippen molar-refractivity contribution in [1.82, 2.24) is 25.4 Å². The van der Waals surface area contributed by atoms with E-state index in [2.05, 4.69) is 20.8 Å². The number of thioether (sulfide) groups is 1. The van der Waals surface area contributed by atoms with Crippen molar-refractivity contribution in [2.45, 2.75) is 38.5 Å². The normalized spacial score (nSPS) is 10.8. The molecule has 2 aromatic heterocycles. The van der Waals surface area contributed by atoms with Crippen molar-refractivity contribution >= 4 is 23.7 Å². The van der Waals surface area contributed by atoms with Crippen LogP contribution in [0.4, 0.5) is 4.79 Å². The molecule has 0 bridgehead atoms. The molecule has 2 aromatic rings. The lowest BCUT2D eigenvalue weighted by molar-refractivity contribution is -0.117. The summed E-state index contributed by atoms with van der Waals surface area (Å²) in [6.45, 7) is 6.23. The molecular formula is C14H19N5O3S. The lowest BCUT2D eigenvalue weighted by Gasteiger charge is -2.09. The molecule has 0 spiro atoms. The maximum atomic E-state index is 11.8. The molecule has 8 nitrogen and oxygen atoms in total. The molecule has 2 rings (SSSR count). The number of hydrogen-bond acceptors (Lipinski definition) is 6. The molecule has 2 heterocycles. The van der Waals surface area contributed by atoms with E-state index in [0.29, 0.717) is 23.3 Å². The van der Waals surface area contributed by atoms with Gasteiger partial charge in [-0.15, -0.1) is 10.2 Å². The smallest absolute Gasteiger partial charge is 0.321 e. The fraction of sp³-hybridized carbons (Fsp3) is 0.429. The van der Waals surface area contributed by atoms with Crippen LogP contribution in [0.5, 0.6) is 0 Å². The van der Waals surface area contributed by atoms with E-state index in [1.807, 2.05) is 25.3 Å². The fourth-order valence-electron chi connectivity index (χ4n) is 1.86. The molecule has 124 valence electrons. The number of imide groups is 1. The van der Waals surface area contributed by atoms with Crippen LogP contribution in [0.1, 0.15) is 20.8 Å². The predicted molar refractivity (Wildman–Crippen MR) is 85.9 cm³/mol. The van der Waals surface area contributed by atoms with Crippen LogP contribution in [0.15, 0.2) is 28.0 Å². The van der Waals surface area contributed by atoms with E-state index in [1.165, 1.54) is 11.8 Å². The van der Waals surface area contributed by atoms with Crippen molar-refractivity contribution in [3.8, 4) is 11.6 Å². The number of rotatable bonds is 6. The molecular weight excluding hydrogens is 318 g/mol. The first-order valence-corrected chi connectivity index (χ1v) is 8.20. The Morgan fingerprint density at radius 2 is 2.17 bits per heavy atom. The minimum atomic E-state index is -0.501. The minimum absolute atomic E-state index is 0.0329. The largest absolute Gasteiger partial charge is 0.461 e. The van der Waals surface area contributed by atoms with Gasteiger partial charge in [0.25, 0.3) is 0 Å². The van der Waals surface area contributed by atoms with Gasteiger partial charge in [-0.05, 0) is 32.9 Å². The van der Waals surface area contributed by atoms with Gasteiger partial charge in [-0.1, -0.05) is 11.8 Å². The summed E-state index contributed by atoms with van der Waals surface area (Å²) in [6.07, 6.45) is 1.57. The number of urea groups is 1. The Morgan fingerprint density at radius 1 is 1.39 bits per heavy atom. The average Bonchev–Trinajstić information content (AvgIpc) is 3.12. The van der Waals surface area contributed by atoms with Crippen molar-refractivity contribution in [2.24, 2.45) is 0 Å². The molecule has 0 aliphatic rings. The lowest BCUT2D eigenvalue weighted by atomic mass is 10.4. The second-order valence-electron chi connectivity index (χ2n) is 4.99. The highest BCUT2D eigenvalue weighted by Crippen LogP contribution is 2.23. The third-order valence-corrected chi connectivity index (χ3v) is 3.75. The summed E-state index contributed by atoms with van der Waals surface area (Å²) >= 11 is 1.21. The van der Waals surface area contributed by atoms with Gasteiger partial charge in [0, 0.05) is 12.6 Å². The summed E-state index contributed by atoms with van der Waals surface area (Å²) in [5, 5.41) is 13.6. The number of nitrogens with one attached hydrogen (secondary N) is 2. The lowest BCUT2D eigenvalue weighted by Crippen LogP contribution is -2.43. The van der Waals surface area contributed by atoms with Crippen molar-refractivity contribution in [3.05, 3.63) is 18.4 Å². The second-order valence-corrected chi connectivity index (χ2v) is 5.94. The fourth-order valence-corrected chi connectivity index (χ4v) is 2.66. The van der Waals surface area contributed by atoms with E-state index >= 15 is 0 Å². The number of carbonyl (C=O) groups excluding carboxylic acids is 2. The molecule has 0 saturated carbocycles. The second kappa shape index (κ2) is 7.82. The van der Waals surface area contributed by atoms with E-state index in [0.717, 1.165) is 0 Å². The Kier molecular flexibility index (Phi) is 5.80. The van der Waals surface area contributed by atoms with Crippen LogP contribution in [0.3, 0.4) is 0 Å². The summed E-state index contributed by atoms with van der Waals surface area (Å²) in [5.41, 5.74) is 0. The van der Waals surface area contributed by atoms with Gasteiger partial charge in [-0.3, -0.25) is 14.7 Å². The number of carbonyl (C=O) groups is 2. The molecule has 0 unspecified atom stereocenters. The van der Waals surface area contributed by atoms with Crippen LogP contribution in [-0.2, 0) is 11.3 Å². The summed E-state index contributed by atoms with van der Waals surface area (Å²) in [4.78, 5) is 23.2. The molecule has 0 aliphatic carbocycles. The third-order valence-electron chi connectivity index (χ3n) is 2.78. The van der Waals surface area contributed by atoms with Crippen LogP contribution in [0.2, 0.25) is 0 Å². The quantitative estimate of drug-likeness (QED) is 0.780. The zero-order valence-electron chi connectivity index (χ0n) is 13.2. The first-order chi connectivity index (χ1) is 11.0. The van der Waals surface area contributed by atoms with E-state index in [-0.39, 0.29) is 11.8 Å². The molecule has 23 heavy (non-hydrogen) atoms. The Bertz CT molecular complexity index is 666. The Hall–Kier alpha value is -2.29. The number of amides is 3. The first-order valence-electron chi connectivity index (χ1n) is 7.21. The van der Waals surface area contributed by atoms with Crippen molar-refractivity contribution in [2.75, 3.05) is 5.75 Å². The summed E-state index contributed by atoms with van der Waals surface area (Å²) in [5.74, 6) is 0.908. The van der Waals surface area contributed by atoms with Crippen LogP contribution >= 0.6 is 11.8 Å². The topological polar surface area (TPSA) is 102 Å². The van der Waals surface area contributed by atoms with Crippen molar-refractivity contribution in [3.63, 3.8) is 0 Å². The Morgan fingerprint density at radius 3 is 2.78 bits per heavy atom. The zero-order valence-corrected chi connectivity index (χ0v) is 14.0. The molecule has 2 N–H and O–H groups in total. The van der Waals surface area contributed by atoms with Gasteiger partial charge in [0.15, 0.2) is 16.7 Å². The molecule has 9 heteroatoms. The van der Waals surface area contributed by atoms with E-state index in [1.54, 1.807) is 18.4 Å². The summed E-state index contributed by atoms with van der Waals surface area (Å²) in [6, 6.07) is 3.04. The maximum Gasteiger partial charge on any atom is 0.321 e. The number of nitrogens with zero attached hydrogens (tertiary/aromatic N) is 3. The molecule has 0 aromatic carbocycles. The number of aromatic nitrogens is 3. The van der Waals surface area contributed by atoms with E-state index < -0.39 is 11.9 Å². The zero-order chi connectivity index (χ0) is 16.8. The van der Waals surface area contributed by atoms with Gasteiger partial charge in [-0.2, -0.15) is 0 Å². The molecule has 0 radical (unpaired) electrons. The Balaban J connectivity index is 1.96. The van der Waals surface area contributed by atoms with Crippen LogP contribution in [0, 0.1) is 0 Å². The minimum Gasteiger partial charge on any atom is -0.461 e. The van der Waals surface area contributed by atoms with Crippen molar-refractivity contribution < 1.29 is 14.0 Å². The average molecular weight is 337 g/mol. The van der Waals surface area contributed by atoms with E-state index in [4.69, 9.17) is 4.42 Å². The Labute approximate surface area is 138 Å². The predicted octanol–water partition coefficient (Wildman–Crippen LogP) is 1.88. The van der Waals surface area contributed by atoms with Gasteiger partial charge in [0.2, 0.25) is 5.91 Å². The van der Waals surface area contributed by atoms with Gasteiger partial charge in [0.1, 0.15) is 0 Å². The van der Waals surface area contributed by atoms with Gasteiger partial charge >= 0.3 is 6.03 Å². The monoisotopic (exact) mass is 337 g/mol. The van der Waals surface area contributed by atoms with E-state index in [9.17, 15) is 9.59 Å². The maximum absolute atomic E-state index is 11.8. The molecule has 0 saturated heterocycles. The summed E-state index contributed by atoms with van der Waals surface area (Å²) in [7, 11) is 0. The SMILES string of the molecule is CCn1c(SCC(=O)NC(=O)NC(C)C)nnc1-c1ccco1. The van der Waals surface area contributed by atoms with Gasteiger partial charge < -0.3 is 9.73 Å². The standard InChI is InChI=1S/C14H19N5O3S/c1-4-19-12(10-6-5-7-22-10)17-18-14(19)23-8-11(20)16-13(21)15-9(2)3/h5-7,9H,4,8H2,1-3H3,(H2,15,16,20,21). The number of furan rings is 1. The molecule has 3 amide bonds. The highest BCUT2D eigenvalue weighted by Gasteiger charge is 2.17. The number of hydrogen-bond donors (Lipinski definition) is 2. The van der Waals surface area contributed by atoms with Gasteiger partial charge in [0.05, 0.1) is 12.0 Å². The van der Waals surface area contributed by atoms with Crippen LogP contribution < -0.4 is 10.6 Å². The molecule has 0 aliphatic heterocycles. The van der Waals surface area contributed by atoms with Crippen molar-refractivity contribution in [1.29, 1.82) is 0 Å². The third kappa shape index (κ3) is 4.59. The first kappa shape index (κ1) is 17.1. The van der Waals surface area contributed by atoms with Crippen LogP contribution in [-0.4, -0.2) is 38.5 Å². The summed E-state index contributed by atoms with van der Waals surface area (Å²) < 4.78 is 7.18.